The van der Waals surface area contributed by atoms with Crippen molar-refractivity contribution in [2.24, 2.45) is 0 Å². The molecule has 1 atom stereocenters. The minimum atomic E-state index is -0.732. The predicted octanol–water partition coefficient (Wildman–Crippen LogP) is 4.29. The van der Waals surface area contributed by atoms with Crippen LogP contribution in [-0.2, 0) is 11.2 Å². The van der Waals surface area contributed by atoms with E-state index in [4.69, 9.17) is 0 Å². The molecule has 2 aromatic carbocycles. The Kier molecular flexibility index (Phi) is 5.73. The third-order valence-electron chi connectivity index (χ3n) is 5.03. The van der Waals surface area contributed by atoms with Crippen molar-refractivity contribution in [3.63, 3.8) is 0 Å². The van der Waals surface area contributed by atoms with E-state index in [0.29, 0.717) is 5.69 Å². The maximum Gasteiger partial charge on any atom is 0.267 e. The maximum atomic E-state index is 12.8. The first-order valence-corrected chi connectivity index (χ1v) is 9.47. The molecule has 28 heavy (non-hydrogen) atoms. The summed E-state index contributed by atoms with van der Waals surface area (Å²) in [6.45, 7) is 7.81. The van der Waals surface area contributed by atoms with Crippen LogP contribution >= 0.6 is 0 Å². The number of carbonyl (C=O) groups excluding carboxylic acids is 1. The Balaban J connectivity index is 1.90. The first-order valence-electron chi connectivity index (χ1n) is 9.47. The van der Waals surface area contributed by atoms with E-state index in [9.17, 15) is 9.59 Å². The number of aromatic nitrogens is 2. The number of nitrogens with zero attached hydrogens (tertiary/aromatic N) is 2. The van der Waals surface area contributed by atoms with Gasteiger partial charge in [-0.2, -0.15) is 5.10 Å². The van der Waals surface area contributed by atoms with Gasteiger partial charge in [0, 0.05) is 17.3 Å². The van der Waals surface area contributed by atoms with Gasteiger partial charge in [0.25, 0.3) is 5.56 Å². The fourth-order valence-electron chi connectivity index (χ4n) is 3.06. The van der Waals surface area contributed by atoms with E-state index in [-0.39, 0.29) is 11.5 Å². The average molecular weight is 375 g/mol. The largest absolute Gasteiger partial charge is 0.324 e. The zero-order chi connectivity index (χ0) is 20.3. The second-order valence-electron chi connectivity index (χ2n) is 6.98. The molecule has 1 aromatic heterocycles. The number of carbonyl (C=O) groups is 1. The Hall–Kier alpha value is -3.21. The quantitative estimate of drug-likeness (QED) is 0.723. The minimum absolute atomic E-state index is 0.271. The number of anilines is 1. The molecule has 3 aromatic rings. The number of hydrogen-bond acceptors (Lipinski definition) is 3. The Morgan fingerprint density at radius 2 is 1.82 bits per heavy atom. The molecule has 0 aliphatic rings. The maximum absolute atomic E-state index is 12.8. The van der Waals surface area contributed by atoms with E-state index >= 15 is 0 Å². The van der Waals surface area contributed by atoms with E-state index in [1.807, 2.05) is 63.2 Å². The number of aryl methyl sites for hydroxylation is 3. The lowest BCUT2D eigenvalue weighted by Gasteiger charge is -2.16. The Bertz CT molecular complexity index is 1070. The second kappa shape index (κ2) is 8.21. The van der Waals surface area contributed by atoms with Crippen LogP contribution in [0, 0.1) is 13.8 Å². The van der Waals surface area contributed by atoms with E-state index in [1.165, 1.54) is 16.3 Å². The molecule has 1 amide bonds. The van der Waals surface area contributed by atoms with Crippen molar-refractivity contribution in [3.8, 4) is 11.3 Å². The summed E-state index contributed by atoms with van der Waals surface area (Å²) in [7, 11) is 0. The number of para-hydroxylation sites is 1. The molecule has 0 bridgehead atoms. The van der Waals surface area contributed by atoms with Gasteiger partial charge in [0.1, 0.15) is 6.04 Å². The molecule has 0 aliphatic carbocycles. The fraction of sp³-hybridized carbons (Fsp3) is 0.261. The van der Waals surface area contributed by atoms with Crippen LogP contribution in [0.15, 0.2) is 59.4 Å². The zero-order valence-electron chi connectivity index (χ0n) is 16.7. The van der Waals surface area contributed by atoms with Gasteiger partial charge in [-0.3, -0.25) is 9.59 Å². The fourth-order valence-corrected chi connectivity index (χ4v) is 3.06. The van der Waals surface area contributed by atoms with E-state index in [2.05, 4.69) is 10.4 Å². The van der Waals surface area contributed by atoms with Gasteiger partial charge in [0.05, 0.1) is 5.69 Å². The topological polar surface area (TPSA) is 64.0 Å². The molecule has 0 saturated carbocycles. The molecule has 1 N–H and O–H groups in total. The van der Waals surface area contributed by atoms with Gasteiger partial charge in [-0.15, -0.1) is 0 Å². The summed E-state index contributed by atoms with van der Waals surface area (Å²) < 4.78 is 1.24. The molecule has 3 rings (SSSR count). The van der Waals surface area contributed by atoms with Crippen molar-refractivity contribution in [2.75, 3.05) is 5.32 Å². The molecule has 144 valence electrons. The normalized spacial score (nSPS) is 11.9. The summed E-state index contributed by atoms with van der Waals surface area (Å²) in [4.78, 5) is 25.1. The molecular weight excluding hydrogens is 350 g/mol. The molecule has 1 heterocycles. The van der Waals surface area contributed by atoms with Gasteiger partial charge in [0.15, 0.2) is 0 Å². The van der Waals surface area contributed by atoms with Crippen molar-refractivity contribution < 1.29 is 4.79 Å². The Labute approximate surface area is 165 Å². The third-order valence-corrected chi connectivity index (χ3v) is 5.03. The van der Waals surface area contributed by atoms with Crippen molar-refractivity contribution >= 4 is 11.6 Å². The van der Waals surface area contributed by atoms with Crippen LogP contribution in [0.5, 0.6) is 0 Å². The molecule has 0 spiro atoms. The highest BCUT2D eigenvalue weighted by molar-refractivity contribution is 5.94. The van der Waals surface area contributed by atoms with Crippen molar-refractivity contribution in [1.29, 1.82) is 0 Å². The van der Waals surface area contributed by atoms with Gasteiger partial charge < -0.3 is 5.32 Å². The number of rotatable bonds is 5. The van der Waals surface area contributed by atoms with Gasteiger partial charge >= 0.3 is 0 Å². The Morgan fingerprint density at radius 3 is 2.54 bits per heavy atom. The predicted molar refractivity (Wildman–Crippen MR) is 113 cm³/mol. The molecule has 0 fully saturated rings. The summed E-state index contributed by atoms with van der Waals surface area (Å²) in [6.07, 6.45) is 0.811. The van der Waals surface area contributed by atoms with Gasteiger partial charge in [-0.1, -0.05) is 37.3 Å². The van der Waals surface area contributed by atoms with Crippen LogP contribution in [0.2, 0.25) is 0 Å². The summed E-state index contributed by atoms with van der Waals surface area (Å²) in [5.74, 6) is -0.271. The van der Waals surface area contributed by atoms with Crippen LogP contribution < -0.4 is 10.9 Å². The monoisotopic (exact) mass is 375 g/mol. The molecular formula is C23H25N3O2. The third kappa shape index (κ3) is 4.03. The SMILES string of the molecule is CCc1ccccc1NC(=O)[C@H](C)n1nc(-c2ccc(C)c(C)c2)ccc1=O. The highest BCUT2D eigenvalue weighted by atomic mass is 16.2. The van der Waals surface area contributed by atoms with Crippen LogP contribution in [-0.4, -0.2) is 15.7 Å². The van der Waals surface area contributed by atoms with Crippen LogP contribution in [0.4, 0.5) is 5.69 Å². The molecule has 0 radical (unpaired) electrons. The standard InChI is InChI=1S/C23H25N3O2/c1-5-18-8-6-7-9-20(18)24-23(28)17(4)26-22(27)13-12-21(25-26)19-11-10-15(2)16(3)14-19/h6-14,17H,5H2,1-4H3,(H,24,28)/t17-/m0/s1. The number of hydrogen-bond donors (Lipinski definition) is 1. The lowest BCUT2D eigenvalue weighted by atomic mass is 10.0. The van der Waals surface area contributed by atoms with E-state index < -0.39 is 6.04 Å². The van der Waals surface area contributed by atoms with E-state index in [1.54, 1.807) is 13.0 Å². The van der Waals surface area contributed by atoms with Crippen LogP contribution in [0.25, 0.3) is 11.3 Å². The van der Waals surface area contributed by atoms with Crippen molar-refractivity contribution in [2.45, 2.75) is 40.2 Å². The highest BCUT2D eigenvalue weighted by Crippen LogP contribution is 2.21. The number of nitrogens with one attached hydrogen (secondary N) is 1. The highest BCUT2D eigenvalue weighted by Gasteiger charge is 2.19. The van der Waals surface area contributed by atoms with Gasteiger partial charge in [-0.25, -0.2) is 4.68 Å². The summed E-state index contributed by atoms with van der Waals surface area (Å²) >= 11 is 0. The molecule has 0 aliphatic heterocycles. The Morgan fingerprint density at radius 1 is 1.07 bits per heavy atom. The van der Waals surface area contributed by atoms with Gasteiger partial charge in [-0.05, 0) is 62.1 Å². The zero-order valence-corrected chi connectivity index (χ0v) is 16.7. The van der Waals surface area contributed by atoms with Crippen molar-refractivity contribution in [3.05, 3.63) is 81.6 Å². The molecule has 5 nitrogen and oxygen atoms in total. The van der Waals surface area contributed by atoms with Gasteiger partial charge in [0.2, 0.25) is 5.91 Å². The van der Waals surface area contributed by atoms with Crippen LogP contribution in [0.1, 0.15) is 36.6 Å². The minimum Gasteiger partial charge on any atom is -0.324 e. The number of amides is 1. The summed E-state index contributed by atoms with van der Waals surface area (Å²) in [5, 5.41) is 7.39. The summed E-state index contributed by atoms with van der Waals surface area (Å²) in [6, 6.07) is 16.1. The first-order chi connectivity index (χ1) is 13.4. The lowest BCUT2D eigenvalue weighted by Crippen LogP contribution is -2.33. The van der Waals surface area contributed by atoms with E-state index in [0.717, 1.165) is 28.8 Å². The second-order valence-corrected chi connectivity index (χ2v) is 6.98. The first kappa shape index (κ1) is 19.5. The molecule has 5 heteroatoms. The molecule has 0 unspecified atom stereocenters. The lowest BCUT2D eigenvalue weighted by molar-refractivity contribution is -0.119. The summed E-state index contributed by atoms with van der Waals surface area (Å²) in [5.41, 5.74) is 5.43. The number of benzene rings is 2. The average Bonchev–Trinajstić information content (AvgIpc) is 2.70. The molecule has 0 saturated heterocycles. The smallest absolute Gasteiger partial charge is 0.267 e. The van der Waals surface area contributed by atoms with Crippen LogP contribution in [0.3, 0.4) is 0 Å². The van der Waals surface area contributed by atoms with Crippen molar-refractivity contribution in [1.82, 2.24) is 9.78 Å².